The number of hydrogen-bond donors (Lipinski definition) is 1. The molecular formula is C83H148NO8+. The van der Waals surface area contributed by atoms with Gasteiger partial charge in [-0.05, 0) is 77.0 Å². The smallest absolute Gasteiger partial charge is 0.361 e. The van der Waals surface area contributed by atoms with E-state index in [1.54, 1.807) is 0 Å². The summed E-state index contributed by atoms with van der Waals surface area (Å²) in [6.45, 7) is 4.75. The van der Waals surface area contributed by atoms with E-state index in [1.165, 1.54) is 238 Å². The lowest BCUT2D eigenvalue weighted by Gasteiger charge is -2.25. The van der Waals surface area contributed by atoms with Gasteiger partial charge in [-0.2, -0.15) is 0 Å². The Morgan fingerprint density at radius 1 is 0.337 bits per heavy atom. The Balaban J connectivity index is 4.03. The van der Waals surface area contributed by atoms with Gasteiger partial charge in [0, 0.05) is 12.8 Å². The highest BCUT2D eigenvalue weighted by Crippen LogP contribution is 2.19. The summed E-state index contributed by atoms with van der Waals surface area (Å²) in [5.41, 5.74) is 0. The fourth-order valence-corrected chi connectivity index (χ4v) is 11.2. The van der Waals surface area contributed by atoms with Crippen LogP contribution in [-0.4, -0.2) is 87.4 Å². The van der Waals surface area contributed by atoms with Crippen LogP contribution in [0.3, 0.4) is 0 Å². The number of aliphatic carboxylic acids is 1. The average molecular weight is 1290 g/mol. The maximum atomic E-state index is 12.9. The van der Waals surface area contributed by atoms with Gasteiger partial charge in [-0.15, -0.1) is 0 Å². The highest BCUT2D eigenvalue weighted by Gasteiger charge is 2.25. The van der Waals surface area contributed by atoms with Crippen molar-refractivity contribution in [2.24, 2.45) is 0 Å². The minimum Gasteiger partial charge on any atom is -0.477 e. The lowest BCUT2D eigenvalue weighted by Crippen LogP contribution is -2.40. The van der Waals surface area contributed by atoms with Crippen molar-refractivity contribution >= 4 is 17.9 Å². The lowest BCUT2D eigenvalue weighted by atomic mass is 10.0. The summed E-state index contributed by atoms with van der Waals surface area (Å²) in [5.74, 6) is -2.06. The third kappa shape index (κ3) is 73.6. The molecule has 0 aromatic carbocycles. The van der Waals surface area contributed by atoms with Crippen LogP contribution < -0.4 is 0 Å². The van der Waals surface area contributed by atoms with E-state index in [0.717, 1.165) is 83.5 Å². The zero-order valence-electron chi connectivity index (χ0n) is 60.9. The number of ether oxygens (including phenoxy) is 4. The second-order valence-electron chi connectivity index (χ2n) is 27.3. The molecule has 532 valence electrons. The van der Waals surface area contributed by atoms with Crippen molar-refractivity contribution in [1.29, 1.82) is 0 Å². The Bertz CT molecular complexity index is 1840. The Morgan fingerprint density at radius 2 is 0.620 bits per heavy atom. The molecular weight excluding hydrogens is 1140 g/mol. The first-order valence-corrected chi connectivity index (χ1v) is 38.9. The molecule has 2 unspecified atom stereocenters. The van der Waals surface area contributed by atoms with Gasteiger partial charge in [0.1, 0.15) is 13.2 Å². The van der Waals surface area contributed by atoms with Gasteiger partial charge >= 0.3 is 17.9 Å². The number of carbonyl (C=O) groups excluding carboxylic acids is 2. The van der Waals surface area contributed by atoms with Crippen LogP contribution >= 0.6 is 0 Å². The molecule has 0 aromatic rings. The molecule has 0 aliphatic heterocycles. The molecule has 0 radical (unpaired) electrons. The van der Waals surface area contributed by atoms with Crippen molar-refractivity contribution in [3.63, 3.8) is 0 Å². The topological polar surface area (TPSA) is 108 Å². The van der Waals surface area contributed by atoms with Crippen molar-refractivity contribution < 1.29 is 42.9 Å². The molecule has 0 spiro atoms. The van der Waals surface area contributed by atoms with E-state index in [-0.39, 0.29) is 32.2 Å². The molecule has 1 N–H and O–H groups in total. The zero-order chi connectivity index (χ0) is 66.8. The van der Waals surface area contributed by atoms with Crippen molar-refractivity contribution in [2.75, 3.05) is 47.5 Å². The van der Waals surface area contributed by atoms with Gasteiger partial charge < -0.3 is 28.5 Å². The molecule has 2 atom stereocenters. The fraction of sp³-hybridized carbons (Fsp3) is 0.771. The van der Waals surface area contributed by atoms with Crippen LogP contribution in [0.1, 0.15) is 354 Å². The third-order valence-corrected chi connectivity index (χ3v) is 17.1. The van der Waals surface area contributed by atoms with Crippen LogP contribution in [0.25, 0.3) is 0 Å². The first-order chi connectivity index (χ1) is 45.1. The van der Waals surface area contributed by atoms with Crippen LogP contribution in [-0.2, 0) is 33.3 Å². The second-order valence-corrected chi connectivity index (χ2v) is 27.3. The Kier molecular flexibility index (Phi) is 70.0. The van der Waals surface area contributed by atoms with Crippen molar-refractivity contribution in [3.8, 4) is 0 Å². The number of carbonyl (C=O) groups is 3. The van der Waals surface area contributed by atoms with Crippen LogP contribution in [0.4, 0.5) is 0 Å². The molecule has 0 aliphatic rings. The van der Waals surface area contributed by atoms with Crippen LogP contribution in [0.2, 0.25) is 0 Å². The molecule has 0 aliphatic carbocycles. The molecule has 0 amide bonds. The molecule has 0 aromatic heterocycles. The number of unbranched alkanes of at least 4 members (excludes halogenated alkanes) is 41. The molecule has 92 heavy (non-hydrogen) atoms. The minimum atomic E-state index is -1.53. The third-order valence-electron chi connectivity index (χ3n) is 17.1. The number of esters is 2. The molecule has 0 bridgehead atoms. The lowest BCUT2D eigenvalue weighted by molar-refractivity contribution is -0.870. The van der Waals surface area contributed by atoms with Crippen molar-refractivity contribution in [1.82, 2.24) is 0 Å². The Labute approximate surface area is 569 Å². The molecule has 0 heterocycles. The molecule has 0 saturated heterocycles. The van der Waals surface area contributed by atoms with Gasteiger partial charge in [-0.1, -0.05) is 361 Å². The largest absolute Gasteiger partial charge is 0.477 e. The predicted molar refractivity (Wildman–Crippen MR) is 396 cm³/mol. The second kappa shape index (κ2) is 73.0. The first-order valence-electron chi connectivity index (χ1n) is 38.9. The van der Waals surface area contributed by atoms with E-state index >= 15 is 0 Å². The van der Waals surface area contributed by atoms with Gasteiger partial charge in [0.25, 0.3) is 6.29 Å². The van der Waals surface area contributed by atoms with Crippen LogP contribution in [0, 0.1) is 0 Å². The predicted octanol–water partition coefficient (Wildman–Crippen LogP) is 24.8. The number of hydrogen-bond acceptors (Lipinski definition) is 7. The number of likely N-dealkylation sites (N-methyl/N-ethyl adjacent to an activating group) is 1. The first kappa shape index (κ1) is 88.2. The van der Waals surface area contributed by atoms with E-state index in [9.17, 15) is 19.5 Å². The Hall–Kier alpha value is -3.79. The number of allylic oxidation sites excluding steroid dienone is 16. The normalized spacial score (nSPS) is 13.2. The summed E-state index contributed by atoms with van der Waals surface area (Å²) in [5, 5.41) is 9.75. The van der Waals surface area contributed by atoms with Crippen molar-refractivity contribution in [3.05, 3.63) is 97.2 Å². The van der Waals surface area contributed by atoms with E-state index in [4.69, 9.17) is 18.9 Å². The number of rotatable bonds is 72. The number of carboxylic acids is 1. The summed E-state index contributed by atoms with van der Waals surface area (Å²) >= 11 is 0. The van der Waals surface area contributed by atoms with Crippen LogP contribution in [0.15, 0.2) is 97.2 Å². The molecule has 0 saturated carbocycles. The average Bonchev–Trinajstić information content (AvgIpc) is 3.70. The fourth-order valence-electron chi connectivity index (χ4n) is 11.2. The maximum Gasteiger partial charge on any atom is 0.361 e. The van der Waals surface area contributed by atoms with Gasteiger partial charge in [-0.3, -0.25) is 9.59 Å². The Morgan fingerprint density at radius 3 is 0.924 bits per heavy atom. The molecule has 9 nitrogen and oxygen atoms in total. The standard InChI is InChI=1S/C83H147NO8/c1-6-8-10-12-14-16-18-20-22-24-26-28-30-32-34-35-36-37-38-39-40-41-42-43-44-45-46-48-49-51-53-55-57-59-61-63-65-67-69-71-73-80(85)90-77-79(78-91-83(82(87)88)89-76-75-84(3,4)5)92-81(86)74-72-70-68-66-64-62-60-58-56-54-52-50-47-33-31-29-27-25-23-21-19-17-15-13-11-9-7-2/h9,11,15,17,21,23,27,29,33,47,52,54,58,60,64,66,79,83H,6-8,10,12-14,16,18-20,22,24-26,28,30-32,34-46,48-51,53,55-57,59,61-63,65,67-78H2,1-5H3/p+1/b11-9-,17-15-,23-21-,29-27-,47-33-,54-52-,60-58-,66-64-. The number of quaternary nitrogens is 1. The van der Waals surface area contributed by atoms with Gasteiger partial charge in [0.2, 0.25) is 0 Å². The summed E-state index contributed by atoms with van der Waals surface area (Å²) in [4.78, 5) is 37.6. The van der Waals surface area contributed by atoms with Crippen LogP contribution in [0.5, 0.6) is 0 Å². The van der Waals surface area contributed by atoms with Gasteiger partial charge in [0.05, 0.1) is 34.4 Å². The molecule has 0 rings (SSSR count). The highest BCUT2D eigenvalue weighted by atomic mass is 16.7. The highest BCUT2D eigenvalue weighted by molar-refractivity contribution is 5.71. The number of carboxylic acid groups (broad SMARTS) is 1. The molecule has 0 fully saturated rings. The van der Waals surface area contributed by atoms with E-state index in [1.807, 2.05) is 21.1 Å². The summed E-state index contributed by atoms with van der Waals surface area (Å²) in [6, 6.07) is 0. The summed E-state index contributed by atoms with van der Waals surface area (Å²) in [6.07, 6.45) is 98.7. The summed E-state index contributed by atoms with van der Waals surface area (Å²) < 4.78 is 22.9. The SMILES string of the molecule is CC/C=C\C/C=C\C/C=C\C/C=C\C/C=C\C/C=C\C/C=C\C/C=C\CCCCC(=O)OC(COC(=O)CCCCCCCCCCCCCCCCCCCCCCCCCCCCCCCCCCCCCCCCCC)COC(OCC[N+](C)(C)C)C(=O)O. The quantitative estimate of drug-likeness (QED) is 0.0211. The van der Waals surface area contributed by atoms with Gasteiger partial charge in [-0.25, -0.2) is 4.79 Å². The zero-order valence-corrected chi connectivity index (χ0v) is 60.9. The molecule has 9 heteroatoms. The van der Waals surface area contributed by atoms with E-state index < -0.39 is 24.3 Å². The minimum absolute atomic E-state index is 0.175. The number of nitrogens with zero attached hydrogens (tertiary/aromatic N) is 1. The van der Waals surface area contributed by atoms with E-state index in [2.05, 4.69) is 111 Å². The maximum absolute atomic E-state index is 12.9. The van der Waals surface area contributed by atoms with Gasteiger partial charge in [0.15, 0.2) is 6.10 Å². The summed E-state index contributed by atoms with van der Waals surface area (Å²) in [7, 11) is 5.96. The van der Waals surface area contributed by atoms with E-state index in [0.29, 0.717) is 23.9 Å². The monoisotopic (exact) mass is 1290 g/mol. The van der Waals surface area contributed by atoms with Crippen molar-refractivity contribution in [2.45, 2.75) is 367 Å².